The van der Waals surface area contributed by atoms with Gasteiger partial charge in [-0.3, -0.25) is 0 Å². The van der Waals surface area contributed by atoms with Crippen molar-refractivity contribution in [2.24, 2.45) is 5.73 Å². The highest BCUT2D eigenvalue weighted by Crippen LogP contribution is 2.44. The molecule has 0 spiro atoms. The molecule has 1 atom stereocenters. The number of hydrogen-bond donors (Lipinski definition) is 1. The highest BCUT2D eigenvalue weighted by Gasteiger charge is 2.20. The predicted octanol–water partition coefficient (Wildman–Crippen LogP) is 2.36. The summed E-state index contributed by atoms with van der Waals surface area (Å²) in [5.74, 6) is 1.88. The molecule has 0 heterocycles. The van der Waals surface area contributed by atoms with Crippen LogP contribution in [0.3, 0.4) is 0 Å². The zero-order valence-corrected chi connectivity index (χ0v) is 12.1. The van der Waals surface area contributed by atoms with Gasteiger partial charge in [0.05, 0.1) is 21.3 Å². The van der Waals surface area contributed by atoms with Crippen molar-refractivity contribution in [1.29, 1.82) is 0 Å². The summed E-state index contributed by atoms with van der Waals surface area (Å²) in [7, 11) is 4.79. The van der Waals surface area contributed by atoms with Crippen LogP contribution in [-0.2, 0) is 6.42 Å². The SMILES string of the molecule is COc1cc(Br)c(CC(C)N)c(OC)c1OC. The van der Waals surface area contributed by atoms with Crippen molar-refractivity contribution in [3.63, 3.8) is 0 Å². The zero-order chi connectivity index (χ0) is 13.0. The second-order valence-corrected chi connectivity index (χ2v) is 4.64. The number of benzene rings is 1. The van der Waals surface area contributed by atoms with Gasteiger partial charge in [-0.25, -0.2) is 0 Å². The molecule has 0 aliphatic carbocycles. The predicted molar refractivity (Wildman–Crippen MR) is 71.2 cm³/mol. The minimum absolute atomic E-state index is 0.0401. The Morgan fingerprint density at radius 3 is 2.18 bits per heavy atom. The van der Waals surface area contributed by atoms with Gasteiger partial charge < -0.3 is 19.9 Å². The van der Waals surface area contributed by atoms with Crippen LogP contribution in [0.2, 0.25) is 0 Å². The second-order valence-electron chi connectivity index (χ2n) is 3.79. The molecule has 0 saturated heterocycles. The minimum atomic E-state index is 0.0401. The lowest BCUT2D eigenvalue weighted by molar-refractivity contribution is 0.321. The molecule has 17 heavy (non-hydrogen) atoms. The molecule has 0 aliphatic heterocycles. The van der Waals surface area contributed by atoms with E-state index < -0.39 is 0 Å². The second kappa shape index (κ2) is 6.12. The van der Waals surface area contributed by atoms with Gasteiger partial charge in [-0.1, -0.05) is 15.9 Å². The van der Waals surface area contributed by atoms with E-state index in [0.29, 0.717) is 23.7 Å². The molecule has 1 aromatic carbocycles. The Morgan fingerprint density at radius 2 is 1.76 bits per heavy atom. The lowest BCUT2D eigenvalue weighted by atomic mass is 10.1. The Labute approximate surface area is 110 Å². The van der Waals surface area contributed by atoms with Crippen LogP contribution in [0.15, 0.2) is 10.5 Å². The van der Waals surface area contributed by atoms with Crippen LogP contribution in [0.4, 0.5) is 0 Å². The lowest BCUT2D eigenvalue weighted by Gasteiger charge is -2.18. The van der Waals surface area contributed by atoms with E-state index in [2.05, 4.69) is 15.9 Å². The third-order valence-corrected chi connectivity index (χ3v) is 3.11. The summed E-state index contributed by atoms with van der Waals surface area (Å²) in [5.41, 5.74) is 6.82. The van der Waals surface area contributed by atoms with Crippen LogP contribution in [0.5, 0.6) is 17.2 Å². The quantitative estimate of drug-likeness (QED) is 0.907. The summed E-state index contributed by atoms with van der Waals surface area (Å²) >= 11 is 3.50. The molecule has 4 nitrogen and oxygen atoms in total. The monoisotopic (exact) mass is 303 g/mol. The highest BCUT2D eigenvalue weighted by molar-refractivity contribution is 9.10. The Morgan fingerprint density at radius 1 is 1.18 bits per heavy atom. The van der Waals surface area contributed by atoms with E-state index in [4.69, 9.17) is 19.9 Å². The molecule has 0 aromatic heterocycles. The molecule has 96 valence electrons. The average molecular weight is 304 g/mol. The first-order valence-corrected chi connectivity index (χ1v) is 6.07. The van der Waals surface area contributed by atoms with Crippen LogP contribution in [-0.4, -0.2) is 27.4 Å². The summed E-state index contributed by atoms with van der Waals surface area (Å²) in [6.07, 6.45) is 0.699. The molecule has 0 aliphatic rings. The van der Waals surface area contributed by atoms with Gasteiger partial charge in [-0.2, -0.15) is 0 Å². The maximum atomic E-state index is 5.83. The molecule has 0 bridgehead atoms. The third-order valence-electron chi connectivity index (χ3n) is 2.40. The summed E-state index contributed by atoms with van der Waals surface area (Å²) in [5, 5.41) is 0. The van der Waals surface area contributed by atoms with Gasteiger partial charge in [0.2, 0.25) is 5.75 Å². The van der Waals surface area contributed by atoms with Crippen LogP contribution in [0.25, 0.3) is 0 Å². The Kier molecular flexibility index (Phi) is 5.08. The van der Waals surface area contributed by atoms with Crippen molar-refractivity contribution in [1.82, 2.24) is 0 Å². The Hall–Kier alpha value is -0.940. The van der Waals surface area contributed by atoms with E-state index in [-0.39, 0.29) is 6.04 Å². The van der Waals surface area contributed by atoms with Gasteiger partial charge in [-0.05, 0) is 19.4 Å². The number of hydrogen-bond acceptors (Lipinski definition) is 4. The maximum Gasteiger partial charge on any atom is 0.203 e. The number of ether oxygens (including phenoxy) is 3. The van der Waals surface area contributed by atoms with Crippen molar-refractivity contribution >= 4 is 15.9 Å². The smallest absolute Gasteiger partial charge is 0.203 e. The van der Waals surface area contributed by atoms with E-state index >= 15 is 0 Å². The largest absolute Gasteiger partial charge is 0.493 e. The first-order valence-electron chi connectivity index (χ1n) is 5.28. The van der Waals surface area contributed by atoms with E-state index in [0.717, 1.165) is 10.0 Å². The molecule has 1 aromatic rings. The van der Waals surface area contributed by atoms with Crippen molar-refractivity contribution in [2.45, 2.75) is 19.4 Å². The molecule has 0 amide bonds. The van der Waals surface area contributed by atoms with Gasteiger partial charge in [0.15, 0.2) is 11.5 Å². The van der Waals surface area contributed by atoms with Gasteiger partial charge >= 0.3 is 0 Å². The topological polar surface area (TPSA) is 53.7 Å². The summed E-state index contributed by atoms with van der Waals surface area (Å²) in [6, 6.07) is 1.90. The summed E-state index contributed by atoms with van der Waals surface area (Å²) in [4.78, 5) is 0. The molecular formula is C12H18BrNO3. The van der Waals surface area contributed by atoms with E-state index in [1.54, 1.807) is 21.3 Å². The van der Waals surface area contributed by atoms with Gasteiger partial charge in [0.25, 0.3) is 0 Å². The van der Waals surface area contributed by atoms with Crippen LogP contribution in [0, 0.1) is 0 Å². The summed E-state index contributed by atoms with van der Waals surface area (Å²) in [6.45, 7) is 1.95. The molecule has 2 N–H and O–H groups in total. The number of nitrogens with two attached hydrogens (primary N) is 1. The number of rotatable bonds is 5. The molecule has 0 radical (unpaired) electrons. The molecular weight excluding hydrogens is 286 g/mol. The average Bonchev–Trinajstić information content (AvgIpc) is 2.30. The molecule has 1 unspecified atom stereocenters. The molecule has 5 heteroatoms. The normalized spacial score (nSPS) is 12.1. The van der Waals surface area contributed by atoms with Gasteiger partial charge in [0.1, 0.15) is 0 Å². The Balaban J connectivity index is 3.38. The number of methoxy groups -OCH3 is 3. The highest BCUT2D eigenvalue weighted by atomic mass is 79.9. The van der Waals surface area contributed by atoms with E-state index in [1.165, 1.54) is 0 Å². The zero-order valence-electron chi connectivity index (χ0n) is 10.5. The van der Waals surface area contributed by atoms with Crippen LogP contribution in [0.1, 0.15) is 12.5 Å². The van der Waals surface area contributed by atoms with Crippen LogP contribution >= 0.6 is 15.9 Å². The lowest BCUT2D eigenvalue weighted by Crippen LogP contribution is -2.18. The fourth-order valence-corrected chi connectivity index (χ4v) is 2.25. The fraction of sp³-hybridized carbons (Fsp3) is 0.500. The molecule has 0 saturated carbocycles. The molecule has 1 rings (SSSR count). The fourth-order valence-electron chi connectivity index (χ4n) is 1.70. The first kappa shape index (κ1) is 14.1. The van der Waals surface area contributed by atoms with Gasteiger partial charge in [-0.15, -0.1) is 0 Å². The Bertz CT molecular complexity index is 394. The summed E-state index contributed by atoms with van der Waals surface area (Å²) < 4.78 is 16.9. The molecule has 0 fully saturated rings. The van der Waals surface area contributed by atoms with Crippen molar-refractivity contribution in [3.8, 4) is 17.2 Å². The van der Waals surface area contributed by atoms with E-state index in [1.807, 2.05) is 13.0 Å². The first-order chi connectivity index (χ1) is 8.04. The minimum Gasteiger partial charge on any atom is -0.493 e. The van der Waals surface area contributed by atoms with E-state index in [9.17, 15) is 0 Å². The standard InChI is InChI=1S/C12H18BrNO3/c1-7(14)5-8-9(13)6-10(15-2)12(17-4)11(8)16-3/h6-7H,5,14H2,1-4H3. The number of halogens is 1. The maximum absolute atomic E-state index is 5.83. The van der Waals surface area contributed by atoms with Crippen molar-refractivity contribution in [2.75, 3.05) is 21.3 Å². The van der Waals surface area contributed by atoms with Gasteiger partial charge in [0, 0.05) is 16.1 Å². The van der Waals surface area contributed by atoms with Crippen LogP contribution < -0.4 is 19.9 Å². The third kappa shape index (κ3) is 3.04. The van der Waals surface area contributed by atoms with Crippen molar-refractivity contribution < 1.29 is 14.2 Å². The van der Waals surface area contributed by atoms with Crippen molar-refractivity contribution in [3.05, 3.63) is 16.1 Å².